The highest BCUT2D eigenvalue weighted by Gasteiger charge is 2.15. The fourth-order valence-corrected chi connectivity index (χ4v) is 1.81. The predicted octanol–water partition coefficient (Wildman–Crippen LogP) is 2.10. The molecule has 0 fully saturated rings. The molecule has 6 heteroatoms. The molecule has 0 aliphatic carbocycles. The molecule has 0 saturated heterocycles. The summed E-state index contributed by atoms with van der Waals surface area (Å²) in [6.45, 7) is 5.50. The van der Waals surface area contributed by atoms with E-state index in [2.05, 4.69) is 10.3 Å². The van der Waals surface area contributed by atoms with Gasteiger partial charge in [0.25, 0.3) is 0 Å². The SMILES string of the molecule is CCOC(OCC)c1cn(Cc2ccc(O)cc2)nn1. The van der Waals surface area contributed by atoms with Gasteiger partial charge in [-0.25, -0.2) is 4.68 Å². The third kappa shape index (κ3) is 3.79. The van der Waals surface area contributed by atoms with Crippen molar-refractivity contribution in [3.63, 3.8) is 0 Å². The van der Waals surface area contributed by atoms with Gasteiger partial charge in [-0.2, -0.15) is 0 Å². The number of aromatic nitrogens is 3. The first-order valence-electron chi connectivity index (χ1n) is 6.64. The highest BCUT2D eigenvalue weighted by molar-refractivity contribution is 5.25. The van der Waals surface area contributed by atoms with Crippen molar-refractivity contribution in [1.82, 2.24) is 15.0 Å². The van der Waals surface area contributed by atoms with Gasteiger partial charge in [-0.15, -0.1) is 5.10 Å². The van der Waals surface area contributed by atoms with E-state index in [0.717, 1.165) is 5.56 Å². The van der Waals surface area contributed by atoms with Gasteiger partial charge in [-0.1, -0.05) is 17.3 Å². The van der Waals surface area contributed by atoms with Crippen molar-refractivity contribution in [1.29, 1.82) is 0 Å². The minimum atomic E-state index is -0.474. The van der Waals surface area contributed by atoms with Crippen LogP contribution in [0.5, 0.6) is 5.75 Å². The van der Waals surface area contributed by atoms with Gasteiger partial charge in [-0.05, 0) is 31.5 Å². The summed E-state index contributed by atoms with van der Waals surface area (Å²) in [5.41, 5.74) is 1.69. The molecule has 1 aromatic heterocycles. The van der Waals surface area contributed by atoms with Crippen molar-refractivity contribution in [2.45, 2.75) is 26.7 Å². The summed E-state index contributed by atoms with van der Waals surface area (Å²) in [5.74, 6) is 0.251. The van der Waals surface area contributed by atoms with Crippen molar-refractivity contribution < 1.29 is 14.6 Å². The molecule has 0 radical (unpaired) electrons. The van der Waals surface area contributed by atoms with Crippen molar-refractivity contribution >= 4 is 0 Å². The van der Waals surface area contributed by atoms with E-state index < -0.39 is 6.29 Å². The van der Waals surface area contributed by atoms with E-state index in [9.17, 15) is 5.11 Å². The number of benzene rings is 1. The van der Waals surface area contributed by atoms with Crippen LogP contribution in [0.1, 0.15) is 31.4 Å². The normalized spacial score (nSPS) is 11.2. The minimum absolute atomic E-state index is 0.251. The molecule has 0 atom stereocenters. The Morgan fingerprint density at radius 1 is 1.15 bits per heavy atom. The van der Waals surface area contributed by atoms with E-state index in [1.807, 2.05) is 32.2 Å². The van der Waals surface area contributed by atoms with Gasteiger partial charge < -0.3 is 14.6 Å². The number of phenolic OH excluding ortho intramolecular Hbond substituents is 1. The Bertz CT molecular complexity index is 519. The van der Waals surface area contributed by atoms with Crippen LogP contribution in [0.15, 0.2) is 30.5 Å². The van der Waals surface area contributed by atoms with Gasteiger partial charge in [0, 0.05) is 13.2 Å². The van der Waals surface area contributed by atoms with E-state index in [1.165, 1.54) is 0 Å². The number of ether oxygens (including phenoxy) is 2. The van der Waals surface area contributed by atoms with E-state index in [4.69, 9.17) is 9.47 Å². The Hall–Kier alpha value is -1.92. The molecule has 20 heavy (non-hydrogen) atoms. The molecule has 2 rings (SSSR count). The maximum atomic E-state index is 9.25. The molecule has 0 aliphatic rings. The van der Waals surface area contributed by atoms with Gasteiger partial charge in [0.05, 0.1) is 12.7 Å². The van der Waals surface area contributed by atoms with Crippen LogP contribution in [0.4, 0.5) is 0 Å². The van der Waals surface area contributed by atoms with Crippen LogP contribution in [0.3, 0.4) is 0 Å². The van der Waals surface area contributed by atoms with Gasteiger partial charge in [0.2, 0.25) is 6.29 Å². The Morgan fingerprint density at radius 3 is 2.40 bits per heavy atom. The molecule has 6 nitrogen and oxygen atoms in total. The standard InChI is InChI=1S/C14H19N3O3/c1-3-19-14(20-4-2)13-10-17(16-15-13)9-11-5-7-12(18)8-6-11/h5-8,10,14,18H,3-4,9H2,1-2H3. The summed E-state index contributed by atoms with van der Waals surface area (Å²) in [5, 5.41) is 17.4. The number of hydrogen-bond donors (Lipinski definition) is 1. The summed E-state index contributed by atoms with van der Waals surface area (Å²) < 4.78 is 12.7. The van der Waals surface area contributed by atoms with Gasteiger partial charge in [0.15, 0.2) is 0 Å². The average molecular weight is 277 g/mol. The Labute approximate surface area is 117 Å². The van der Waals surface area contributed by atoms with Crippen LogP contribution in [-0.2, 0) is 16.0 Å². The summed E-state index contributed by atoms with van der Waals surface area (Å²) in [7, 11) is 0. The molecule has 1 aromatic carbocycles. The van der Waals surface area contributed by atoms with Gasteiger partial charge in [-0.3, -0.25) is 0 Å². The fraction of sp³-hybridized carbons (Fsp3) is 0.429. The molecular formula is C14H19N3O3. The molecule has 1 heterocycles. The van der Waals surface area contributed by atoms with Crippen molar-refractivity contribution in [3.05, 3.63) is 41.7 Å². The fourth-order valence-electron chi connectivity index (χ4n) is 1.81. The summed E-state index contributed by atoms with van der Waals surface area (Å²) in [6, 6.07) is 6.99. The van der Waals surface area contributed by atoms with Crippen molar-refractivity contribution in [2.75, 3.05) is 13.2 Å². The van der Waals surface area contributed by atoms with Crippen molar-refractivity contribution in [3.8, 4) is 5.75 Å². The first-order chi connectivity index (χ1) is 9.72. The van der Waals surface area contributed by atoms with E-state index in [-0.39, 0.29) is 5.75 Å². The lowest BCUT2D eigenvalue weighted by Crippen LogP contribution is -2.09. The lowest BCUT2D eigenvalue weighted by atomic mass is 10.2. The molecule has 0 aliphatic heterocycles. The topological polar surface area (TPSA) is 69.4 Å². The van der Waals surface area contributed by atoms with Crippen LogP contribution < -0.4 is 0 Å². The van der Waals surface area contributed by atoms with Crippen LogP contribution in [-0.4, -0.2) is 33.3 Å². The second-order valence-electron chi connectivity index (χ2n) is 4.25. The Kier molecular flexibility index (Phi) is 5.09. The third-order valence-corrected chi connectivity index (χ3v) is 2.71. The molecular weight excluding hydrogens is 258 g/mol. The lowest BCUT2D eigenvalue weighted by Gasteiger charge is -2.13. The van der Waals surface area contributed by atoms with Gasteiger partial charge in [0.1, 0.15) is 11.4 Å². The number of hydrogen-bond acceptors (Lipinski definition) is 5. The van der Waals surface area contributed by atoms with Crippen LogP contribution in [0.2, 0.25) is 0 Å². The van der Waals surface area contributed by atoms with E-state index in [1.54, 1.807) is 16.8 Å². The second kappa shape index (κ2) is 7.02. The summed E-state index contributed by atoms with van der Waals surface area (Å²) >= 11 is 0. The van der Waals surface area contributed by atoms with E-state index in [0.29, 0.717) is 25.5 Å². The van der Waals surface area contributed by atoms with Crippen LogP contribution in [0, 0.1) is 0 Å². The van der Waals surface area contributed by atoms with Gasteiger partial charge >= 0.3 is 0 Å². The molecule has 2 aromatic rings. The number of aromatic hydroxyl groups is 1. The molecule has 0 saturated carbocycles. The minimum Gasteiger partial charge on any atom is -0.508 e. The average Bonchev–Trinajstić information content (AvgIpc) is 2.90. The first kappa shape index (κ1) is 14.5. The van der Waals surface area contributed by atoms with Crippen LogP contribution in [0.25, 0.3) is 0 Å². The van der Waals surface area contributed by atoms with Crippen molar-refractivity contribution in [2.24, 2.45) is 0 Å². The number of nitrogens with zero attached hydrogens (tertiary/aromatic N) is 3. The smallest absolute Gasteiger partial charge is 0.204 e. The molecule has 108 valence electrons. The molecule has 0 amide bonds. The quantitative estimate of drug-likeness (QED) is 0.785. The van der Waals surface area contributed by atoms with E-state index >= 15 is 0 Å². The summed E-state index contributed by atoms with van der Waals surface area (Å²) in [6.07, 6.45) is 1.33. The molecule has 0 spiro atoms. The zero-order chi connectivity index (χ0) is 14.4. The lowest BCUT2D eigenvalue weighted by molar-refractivity contribution is -0.142. The molecule has 0 bridgehead atoms. The molecule has 0 unspecified atom stereocenters. The monoisotopic (exact) mass is 277 g/mol. The number of phenols is 1. The largest absolute Gasteiger partial charge is 0.508 e. The highest BCUT2D eigenvalue weighted by atomic mass is 16.7. The second-order valence-corrected chi connectivity index (χ2v) is 4.25. The zero-order valence-corrected chi connectivity index (χ0v) is 11.7. The number of rotatable bonds is 7. The summed E-state index contributed by atoms with van der Waals surface area (Å²) in [4.78, 5) is 0. The highest BCUT2D eigenvalue weighted by Crippen LogP contribution is 2.16. The Morgan fingerprint density at radius 2 is 1.80 bits per heavy atom. The molecule has 1 N–H and O–H groups in total. The zero-order valence-electron chi connectivity index (χ0n) is 11.7. The first-order valence-corrected chi connectivity index (χ1v) is 6.64. The Balaban J connectivity index is 2.05. The maximum absolute atomic E-state index is 9.25. The third-order valence-electron chi connectivity index (χ3n) is 2.71. The predicted molar refractivity (Wildman–Crippen MR) is 73.2 cm³/mol. The maximum Gasteiger partial charge on any atom is 0.204 e. The van der Waals surface area contributed by atoms with Crippen LogP contribution >= 0.6 is 0 Å².